The summed E-state index contributed by atoms with van der Waals surface area (Å²) in [5.74, 6) is -0.962. The molecule has 1 saturated carbocycles. The summed E-state index contributed by atoms with van der Waals surface area (Å²) in [4.78, 5) is 11.6. The van der Waals surface area contributed by atoms with E-state index in [0.29, 0.717) is 23.7 Å². The van der Waals surface area contributed by atoms with Gasteiger partial charge in [-0.25, -0.2) is 13.1 Å². The summed E-state index contributed by atoms with van der Waals surface area (Å²) < 4.78 is 28.0. The van der Waals surface area contributed by atoms with Gasteiger partial charge in [0.2, 0.25) is 10.0 Å². The van der Waals surface area contributed by atoms with Crippen molar-refractivity contribution in [1.82, 2.24) is 4.72 Å². The first kappa shape index (κ1) is 16.5. The van der Waals surface area contributed by atoms with Gasteiger partial charge in [0, 0.05) is 10.5 Å². The zero-order valence-corrected chi connectivity index (χ0v) is 14.3. The highest BCUT2D eigenvalue weighted by Crippen LogP contribution is 2.39. The zero-order valence-electron chi connectivity index (χ0n) is 11.9. The average Bonchev–Trinajstić information content (AvgIpc) is 2.71. The lowest BCUT2D eigenvalue weighted by molar-refractivity contribution is -0.148. The van der Waals surface area contributed by atoms with Crippen LogP contribution in [0.1, 0.15) is 31.7 Å². The second-order valence-corrected chi connectivity index (χ2v) is 8.26. The number of benzene rings is 1. The minimum absolute atomic E-state index is 0.132. The van der Waals surface area contributed by atoms with Gasteiger partial charge in [0.25, 0.3) is 0 Å². The molecule has 0 spiro atoms. The van der Waals surface area contributed by atoms with Crippen LogP contribution in [0.5, 0.6) is 0 Å². The van der Waals surface area contributed by atoms with Crippen molar-refractivity contribution < 1.29 is 18.3 Å². The molecule has 1 aromatic rings. The Morgan fingerprint density at radius 3 is 2.71 bits per heavy atom. The Balaban J connectivity index is 2.31. The monoisotopic (exact) mass is 375 g/mol. The predicted octanol–water partition coefficient (Wildman–Crippen LogP) is 2.68. The first-order chi connectivity index (χ1) is 9.67. The standard InChI is InChI=1S/C14H18BrNO4S/c1-9-5-6-11(10(15)8-9)21(19,20)16-12-4-3-7-14(12,2)13(17)18/h5-6,8,12,16H,3-4,7H2,1-2H3,(H,17,18). The first-order valence-electron chi connectivity index (χ1n) is 6.69. The summed E-state index contributed by atoms with van der Waals surface area (Å²) >= 11 is 3.25. The third-order valence-corrected chi connectivity index (χ3v) is 6.57. The van der Waals surface area contributed by atoms with E-state index in [9.17, 15) is 18.3 Å². The SMILES string of the molecule is Cc1ccc(S(=O)(=O)NC2CCCC2(C)C(=O)O)c(Br)c1. The van der Waals surface area contributed by atoms with E-state index in [1.807, 2.05) is 6.92 Å². The fourth-order valence-electron chi connectivity index (χ4n) is 2.69. The molecule has 2 unspecified atom stereocenters. The number of carboxylic acid groups (broad SMARTS) is 1. The number of carbonyl (C=O) groups is 1. The van der Waals surface area contributed by atoms with Gasteiger partial charge in [0.05, 0.1) is 10.3 Å². The van der Waals surface area contributed by atoms with E-state index < -0.39 is 27.4 Å². The van der Waals surface area contributed by atoms with Crippen LogP contribution in [0.4, 0.5) is 0 Å². The lowest BCUT2D eigenvalue weighted by atomic mass is 9.85. The summed E-state index contributed by atoms with van der Waals surface area (Å²) in [5.41, 5.74) is -0.110. The minimum Gasteiger partial charge on any atom is -0.481 e. The fourth-order valence-corrected chi connectivity index (χ4v) is 5.26. The van der Waals surface area contributed by atoms with Gasteiger partial charge in [-0.1, -0.05) is 12.5 Å². The van der Waals surface area contributed by atoms with Crippen molar-refractivity contribution in [3.05, 3.63) is 28.2 Å². The number of aryl methyl sites for hydroxylation is 1. The third-order valence-electron chi connectivity index (χ3n) is 4.12. The highest BCUT2D eigenvalue weighted by molar-refractivity contribution is 9.10. The van der Waals surface area contributed by atoms with Crippen LogP contribution in [0.15, 0.2) is 27.6 Å². The molecule has 1 fully saturated rings. The molecule has 0 radical (unpaired) electrons. The maximum absolute atomic E-state index is 12.5. The largest absolute Gasteiger partial charge is 0.481 e. The first-order valence-corrected chi connectivity index (χ1v) is 8.96. The van der Waals surface area contributed by atoms with Crippen molar-refractivity contribution in [1.29, 1.82) is 0 Å². The van der Waals surface area contributed by atoms with Crippen molar-refractivity contribution in [3.8, 4) is 0 Å². The fraction of sp³-hybridized carbons (Fsp3) is 0.500. The molecule has 116 valence electrons. The molecule has 7 heteroatoms. The molecule has 1 aromatic carbocycles. The predicted molar refractivity (Wildman–Crippen MR) is 82.6 cm³/mol. The number of halogens is 1. The molecule has 1 aliphatic rings. The number of carboxylic acids is 1. The number of aliphatic carboxylic acids is 1. The van der Waals surface area contributed by atoms with E-state index in [1.165, 1.54) is 6.07 Å². The van der Waals surface area contributed by atoms with Gasteiger partial charge in [-0.3, -0.25) is 4.79 Å². The third kappa shape index (κ3) is 3.14. The maximum atomic E-state index is 12.5. The van der Waals surface area contributed by atoms with E-state index >= 15 is 0 Å². The highest BCUT2D eigenvalue weighted by atomic mass is 79.9. The van der Waals surface area contributed by atoms with E-state index in [-0.39, 0.29) is 4.90 Å². The second-order valence-electron chi connectivity index (χ2n) is 5.72. The minimum atomic E-state index is -3.76. The quantitative estimate of drug-likeness (QED) is 0.847. The molecule has 1 aliphatic carbocycles. The number of nitrogens with one attached hydrogen (secondary N) is 1. The molecule has 2 atom stereocenters. The number of sulfonamides is 1. The topological polar surface area (TPSA) is 83.5 Å². The molecule has 2 rings (SSSR count). The van der Waals surface area contributed by atoms with Crippen LogP contribution in [0, 0.1) is 12.3 Å². The van der Waals surface area contributed by atoms with Crippen LogP contribution in [0.25, 0.3) is 0 Å². The van der Waals surface area contributed by atoms with Crippen LogP contribution in [0.2, 0.25) is 0 Å². The van der Waals surface area contributed by atoms with Crippen LogP contribution in [-0.2, 0) is 14.8 Å². The summed E-state index contributed by atoms with van der Waals surface area (Å²) in [7, 11) is -3.76. The van der Waals surface area contributed by atoms with Crippen molar-refractivity contribution in [3.63, 3.8) is 0 Å². The Kier molecular flexibility index (Phi) is 4.46. The molecule has 0 amide bonds. The van der Waals surface area contributed by atoms with Crippen LogP contribution in [0.3, 0.4) is 0 Å². The molecule has 5 nitrogen and oxygen atoms in total. The van der Waals surface area contributed by atoms with Gasteiger partial charge in [0.15, 0.2) is 0 Å². The lowest BCUT2D eigenvalue weighted by Crippen LogP contribution is -2.47. The van der Waals surface area contributed by atoms with Gasteiger partial charge in [-0.05, 0) is 60.3 Å². The molecular formula is C14H18BrNO4S. The van der Waals surface area contributed by atoms with Crippen molar-refractivity contribution >= 4 is 31.9 Å². The number of rotatable bonds is 4. The van der Waals surface area contributed by atoms with Gasteiger partial charge >= 0.3 is 5.97 Å². The van der Waals surface area contributed by atoms with Gasteiger partial charge in [-0.2, -0.15) is 0 Å². The molecule has 0 aromatic heterocycles. The smallest absolute Gasteiger partial charge is 0.310 e. The normalized spacial score (nSPS) is 26.0. The van der Waals surface area contributed by atoms with Gasteiger partial charge < -0.3 is 5.11 Å². The number of hydrogen-bond acceptors (Lipinski definition) is 3. The summed E-state index contributed by atoms with van der Waals surface area (Å²) in [6, 6.07) is 4.37. The number of hydrogen-bond donors (Lipinski definition) is 2. The lowest BCUT2D eigenvalue weighted by Gasteiger charge is -2.27. The molecule has 0 bridgehead atoms. The van der Waals surface area contributed by atoms with Crippen molar-refractivity contribution in [2.24, 2.45) is 5.41 Å². The summed E-state index contributed by atoms with van der Waals surface area (Å²) in [6.07, 6.45) is 1.71. The Hall–Kier alpha value is -0.920. The second kappa shape index (κ2) is 5.70. The Morgan fingerprint density at radius 1 is 1.48 bits per heavy atom. The summed E-state index contributed by atoms with van der Waals surface area (Å²) in [5, 5.41) is 9.36. The van der Waals surface area contributed by atoms with Crippen LogP contribution >= 0.6 is 15.9 Å². The van der Waals surface area contributed by atoms with Gasteiger partial charge in [0.1, 0.15) is 0 Å². The van der Waals surface area contributed by atoms with Gasteiger partial charge in [-0.15, -0.1) is 0 Å². The average molecular weight is 376 g/mol. The van der Waals surface area contributed by atoms with Crippen molar-refractivity contribution in [2.45, 2.75) is 44.0 Å². The highest BCUT2D eigenvalue weighted by Gasteiger charge is 2.47. The van der Waals surface area contributed by atoms with Crippen molar-refractivity contribution in [2.75, 3.05) is 0 Å². The zero-order chi connectivity index (χ0) is 15.8. The van der Waals surface area contributed by atoms with Crippen LogP contribution < -0.4 is 4.72 Å². The molecule has 0 aliphatic heterocycles. The molecule has 0 saturated heterocycles. The molecular weight excluding hydrogens is 358 g/mol. The molecule has 21 heavy (non-hydrogen) atoms. The Labute approximate surface area is 132 Å². The van der Waals surface area contributed by atoms with E-state index in [1.54, 1.807) is 19.1 Å². The van der Waals surface area contributed by atoms with E-state index in [0.717, 1.165) is 5.56 Å². The molecule has 2 N–H and O–H groups in total. The molecule has 0 heterocycles. The Morgan fingerprint density at radius 2 is 2.14 bits per heavy atom. The maximum Gasteiger partial charge on any atom is 0.310 e. The van der Waals surface area contributed by atoms with E-state index in [2.05, 4.69) is 20.7 Å². The van der Waals surface area contributed by atoms with E-state index in [4.69, 9.17) is 0 Å². The summed E-state index contributed by atoms with van der Waals surface area (Å²) in [6.45, 7) is 3.47. The van der Waals surface area contributed by atoms with Crippen LogP contribution in [-0.4, -0.2) is 25.5 Å². The Bertz CT molecular complexity index is 674.